The van der Waals surface area contributed by atoms with E-state index in [2.05, 4.69) is 10.0 Å². The second kappa shape index (κ2) is 6.83. The van der Waals surface area contributed by atoms with Crippen molar-refractivity contribution in [2.75, 3.05) is 33.4 Å². The molecule has 118 valence electrons. The zero-order valence-corrected chi connectivity index (χ0v) is 12.9. The van der Waals surface area contributed by atoms with Crippen molar-refractivity contribution in [1.29, 1.82) is 0 Å². The van der Waals surface area contributed by atoms with Gasteiger partial charge in [0.15, 0.2) is 0 Å². The fourth-order valence-corrected chi connectivity index (χ4v) is 3.86. The SMILES string of the molecule is COCC1(CNS(=O)(=O)c2ccccc2F)CCNCC1. The second-order valence-electron chi connectivity index (χ2n) is 5.44. The molecule has 0 unspecified atom stereocenters. The molecule has 0 amide bonds. The smallest absolute Gasteiger partial charge is 0.243 e. The average Bonchev–Trinajstić information content (AvgIpc) is 2.47. The van der Waals surface area contributed by atoms with Gasteiger partial charge in [0, 0.05) is 19.1 Å². The largest absolute Gasteiger partial charge is 0.384 e. The lowest BCUT2D eigenvalue weighted by molar-refractivity contribution is 0.0577. The summed E-state index contributed by atoms with van der Waals surface area (Å²) < 4.78 is 45.9. The Bertz CT molecular complexity index is 566. The maximum absolute atomic E-state index is 13.6. The molecule has 1 aliphatic heterocycles. The molecule has 0 spiro atoms. The molecule has 0 aliphatic carbocycles. The first kappa shape index (κ1) is 16.4. The minimum atomic E-state index is -3.85. The van der Waals surface area contributed by atoms with Gasteiger partial charge in [0.1, 0.15) is 10.7 Å². The van der Waals surface area contributed by atoms with Crippen molar-refractivity contribution >= 4 is 10.0 Å². The Kier molecular flexibility index (Phi) is 5.32. The highest BCUT2D eigenvalue weighted by atomic mass is 32.2. The van der Waals surface area contributed by atoms with Crippen LogP contribution in [0.5, 0.6) is 0 Å². The second-order valence-corrected chi connectivity index (χ2v) is 7.17. The summed E-state index contributed by atoms with van der Waals surface area (Å²) in [6.07, 6.45) is 1.64. The van der Waals surface area contributed by atoms with E-state index in [0.29, 0.717) is 6.61 Å². The number of halogens is 1. The Balaban J connectivity index is 2.11. The van der Waals surface area contributed by atoms with E-state index in [-0.39, 0.29) is 16.9 Å². The zero-order valence-electron chi connectivity index (χ0n) is 12.1. The van der Waals surface area contributed by atoms with Crippen LogP contribution in [0.4, 0.5) is 4.39 Å². The third-order valence-electron chi connectivity index (χ3n) is 3.88. The van der Waals surface area contributed by atoms with Gasteiger partial charge in [0.25, 0.3) is 0 Å². The molecule has 2 rings (SSSR count). The predicted molar refractivity (Wildman–Crippen MR) is 78.0 cm³/mol. The van der Waals surface area contributed by atoms with Crippen molar-refractivity contribution < 1.29 is 17.5 Å². The van der Waals surface area contributed by atoms with E-state index < -0.39 is 15.8 Å². The average molecular weight is 316 g/mol. The fraction of sp³-hybridized carbons (Fsp3) is 0.571. The van der Waals surface area contributed by atoms with E-state index >= 15 is 0 Å². The standard InChI is InChI=1S/C14H21FN2O3S/c1-20-11-14(6-8-16-9-7-14)10-17-21(18,19)13-5-3-2-4-12(13)15/h2-5,16-17H,6-11H2,1H3. The van der Waals surface area contributed by atoms with E-state index in [1.807, 2.05) is 0 Å². The molecule has 2 N–H and O–H groups in total. The van der Waals surface area contributed by atoms with Gasteiger partial charge in [-0.3, -0.25) is 0 Å². The van der Waals surface area contributed by atoms with Gasteiger partial charge in [-0.2, -0.15) is 0 Å². The van der Waals surface area contributed by atoms with Crippen LogP contribution in [-0.2, 0) is 14.8 Å². The summed E-state index contributed by atoms with van der Waals surface area (Å²) in [6.45, 7) is 2.38. The van der Waals surface area contributed by atoms with Crippen LogP contribution >= 0.6 is 0 Å². The Morgan fingerprint density at radius 1 is 1.33 bits per heavy atom. The molecule has 1 heterocycles. The maximum atomic E-state index is 13.6. The van der Waals surface area contributed by atoms with Crippen molar-refractivity contribution in [3.05, 3.63) is 30.1 Å². The van der Waals surface area contributed by atoms with Crippen molar-refractivity contribution in [1.82, 2.24) is 10.0 Å². The molecule has 0 aromatic heterocycles. The topological polar surface area (TPSA) is 67.4 Å². The first-order valence-electron chi connectivity index (χ1n) is 6.93. The van der Waals surface area contributed by atoms with E-state index in [1.165, 1.54) is 18.2 Å². The minimum Gasteiger partial charge on any atom is -0.384 e. The van der Waals surface area contributed by atoms with Crippen LogP contribution < -0.4 is 10.0 Å². The summed E-state index contributed by atoms with van der Waals surface area (Å²) in [5.41, 5.74) is -0.238. The number of sulfonamides is 1. The number of piperidine rings is 1. The molecule has 0 saturated carbocycles. The Labute approximate surface area is 124 Å². The third-order valence-corrected chi connectivity index (χ3v) is 5.31. The quantitative estimate of drug-likeness (QED) is 0.825. The summed E-state index contributed by atoms with van der Waals surface area (Å²) in [7, 11) is -2.24. The van der Waals surface area contributed by atoms with E-state index in [0.717, 1.165) is 32.0 Å². The molecular formula is C14H21FN2O3S. The molecule has 5 nitrogen and oxygen atoms in total. The molecule has 1 saturated heterocycles. The molecule has 0 bridgehead atoms. The highest BCUT2D eigenvalue weighted by Gasteiger charge is 2.34. The number of ether oxygens (including phenoxy) is 1. The molecule has 1 fully saturated rings. The molecule has 1 aromatic rings. The van der Waals surface area contributed by atoms with Crippen LogP contribution in [0.3, 0.4) is 0 Å². The fourth-order valence-electron chi connectivity index (χ4n) is 2.62. The monoisotopic (exact) mass is 316 g/mol. The molecule has 0 radical (unpaired) electrons. The summed E-state index contributed by atoms with van der Waals surface area (Å²) >= 11 is 0. The van der Waals surface area contributed by atoms with Gasteiger partial charge < -0.3 is 10.1 Å². The Morgan fingerprint density at radius 3 is 2.62 bits per heavy atom. The van der Waals surface area contributed by atoms with Crippen molar-refractivity contribution in [2.45, 2.75) is 17.7 Å². The first-order valence-corrected chi connectivity index (χ1v) is 8.41. The number of nitrogens with one attached hydrogen (secondary N) is 2. The van der Waals surface area contributed by atoms with Crippen LogP contribution in [0.1, 0.15) is 12.8 Å². The predicted octanol–water partition coefficient (Wildman–Crippen LogP) is 1.12. The molecule has 1 aliphatic rings. The van der Waals surface area contributed by atoms with Crippen molar-refractivity contribution in [2.24, 2.45) is 5.41 Å². The number of hydrogen-bond donors (Lipinski definition) is 2. The molecular weight excluding hydrogens is 295 g/mol. The molecule has 0 atom stereocenters. The van der Waals surface area contributed by atoms with E-state index in [9.17, 15) is 12.8 Å². The third kappa shape index (κ3) is 4.00. The summed E-state index contributed by atoms with van der Waals surface area (Å²) in [5, 5.41) is 3.24. The van der Waals surface area contributed by atoms with Gasteiger partial charge in [-0.05, 0) is 38.1 Å². The number of methoxy groups -OCH3 is 1. The van der Waals surface area contributed by atoms with Crippen LogP contribution in [-0.4, -0.2) is 41.8 Å². The minimum absolute atomic E-state index is 0.238. The van der Waals surface area contributed by atoms with Crippen LogP contribution in [0.25, 0.3) is 0 Å². The highest BCUT2D eigenvalue weighted by molar-refractivity contribution is 7.89. The maximum Gasteiger partial charge on any atom is 0.243 e. The summed E-state index contributed by atoms with van der Waals surface area (Å²) in [4.78, 5) is -0.313. The van der Waals surface area contributed by atoms with Gasteiger partial charge >= 0.3 is 0 Å². The zero-order chi connectivity index (χ0) is 15.3. The van der Waals surface area contributed by atoms with Gasteiger partial charge in [-0.25, -0.2) is 17.5 Å². The van der Waals surface area contributed by atoms with Crippen LogP contribution in [0.15, 0.2) is 29.2 Å². The van der Waals surface area contributed by atoms with Gasteiger partial charge in [-0.1, -0.05) is 12.1 Å². The summed E-state index contributed by atoms with van der Waals surface area (Å²) in [5.74, 6) is -0.740. The Morgan fingerprint density at radius 2 is 2.00 bits per heavy atom. The number of hydrogen-bond acceptors (Lipinski definition) is 4. The summed E-state index contributed by atoms with van der Waals surface area (Å²) in [6, 6.07) is 5.38. The number of benzene rings is 1. The lowest BCUT2D eigenvalue weighted by Gasteiger charge is -2.37. The molecule has 21 heavy (non-hydrogen) atoms. The first-order chi connectivity index (χ1) is 9.99. The van der Waals surface area contributed by atoms with Crippen LogP contribution in [0.2, 0.25) is 0 Å². The van der Waals surface area contributed by atoms with Gasteiger partial charge in [0.2, 0.25) is 10.0 Å². The Hall–Kier alpha value is -1.02. The molecule has 7 heteroatoms. The lowest BCUT2D eigenvalue weighted by Crippen LogP contribution is -2.47. The van der Waals surface area contributed by atoms with Crippen LogP contribution in [0, 0.1) is 11.2 Å². The van der Waals surface area contributed by atoms with Crippen molar-refractivity contribution in [3.8, 4) is 0 Å². The van der Waals surface area contributed by atoms with Crippen molar-refractivity contribution in [3.63, 3.8) is 0 Å². The van der Waals surface area contributed by atoms with E-state index in [1.54, 1.807) is 7.11 Å². The van der Waals surface area contributed by atoms with Gasteiger partial charge in [0.05, 0.1) is 6.61 Å². The lowest BCUT2D eigenvalue weighted by atomic mass is 9.80. The highest BCUT2D eigenvalue weighted by Crippen LogP contribution is 2.29. The van der Waals surface area contributed by atoms with Gasteiger partial charge in [-0.15, -0.1) is 0 Å². The normalized spacial score (nSPS) is 18.6. The van der Waals surface area contributed by atoms with E-state index in [4.69, 9.17) is 4.74 Å². The molecule has 1 aromatic carbocycles. The number of rotatable bonds is 6.